The molecule has 6 nitrogen and oxygen atoms in total. The highest BCUT2D eigenvalue weighted by molar-refractivity contribution is 7.89. The molecule has 1 heterocycles. The predicted molar refractivity (Wildman–Crippen MR) is 74.1 cm³/mol. The molecule has 4 N–H and O–H groups in total. The molecule has 1 amide bonds. The lowest BCUT2D eigenvalue weighted by molar-refractivity contribution is -0.119. The molecule has 1 aliphatic heterocycles. The van der Waals surface area contributed by atoms with Crippen molar-refractivity contribution in [1.29, 1.82) is 0 Å². The molecular formula is C11H13N3O3S2. The summed E-state index contributed by atoms with van der Waals surface area (Å²) < 4.78 is 27.0. The standard InChI is InChI=1S/C11H13N3O3S2/c12-11(18)8-3-1-2-4-9(8)19(16,17)14-7-5-10(15)13-6-7/h1-4,7,14H,5-6H2,(H2,12,18)(H,13,15). The van der Waals surface area contributed by atoms with Gasteiger partial charge in [0.1, 0.15) is 4.99 Å². The molecule has 0 spiro atoms. The van der Waals surface area contributed by atoms with Crippen LogP contribution in [0.25, 0.3) is 0 Å². The lowest BCUT2D eigenvalue weighted by Gasteiger charge is -2.13. The van der Waals surface area contributed by atoms with Crippen molar-refractivity contribution in [2.75, 3.05) is 6.54 Å². The average molecular weight is 299 g/mol. The fourth-order valence-corrected chi connectivity index (χ4v) is 3.58. The lowest BCUT2D eigenvalue weighted by atomic mass is 10.2. The smallest absolute Gasteiger partial charge is 0.241 e. The summed E-state index contributed by atoms with van der Waals surface area (Å²) in [6, 6.07) is 5.79. The molecule has 1 aromatic carbocycles. The minimum absolute atomic E-state index is 0.0154. The van der Waals surface area contributed by atoms with Crippen LogP contribution in [0.1, 0.15) is 12.0 Å². The number of nitrogens with one attached hydrogen (secondary N) is 2. The zero-order chi connectivity index (χ0) is 14.0. The lowest BCUT2D eigenvalue weighted by Crippen LogP contribution is -2.37. The van der Waals surface area contributed by atoms with Crippen LogP contribution in [0, 0.1) is 0 Å². The van der Waals surface area contributed by atoms with Gasteiger partial charge in [-0.2, -0.15) is 0 Å². The van der Waals surface area contributed by atoms with E-state index in [1.54, 1.807) is 18.2 Å². The Morgan fingerprint density at radius 3 is 2.68 bits per heavy atom. The van der Waals surface area contributed by atoms with Crippen molar-refractivity contribution in [3.05, 3.63) is 29.8 Å². The molecule has 2 rings (SSSR count). The van der Waals surface area contributed by atoms with Crippen molar-refractivity contribution in [3.8, 4) is 0 Å². The fraction of sp³-hybridized carbons (Fsp3) is 0.273. The number of hydrogen-bond acceptors (Lipinski definition) is 4. The third kappa shape index (κ3) is 3.09. The normalized spacial score (nSPS) is 19.2. The third-order valence-corrected chi connectivity index (χ3v) is 4.54. The molecule has 102 valence electrons. The maximum absolute atomic E-state index is 12.3. The van der Waals surface area contributed by atoms with Crippen molar-refractivity contribution < 1.29 is 13.2 Å². The van der Waals surface area contributed by atoms with E-state index in [-0.39, 0.29) is 28.8 Å². The maximum atomic E-state index is 12.3. The number of thiocarbonyl (C=S) groups is 1. The third-order valence-electron chi connectivity index (χ3n) is 2.74. The van der Waals surface area contributed by atoms with Crippen LogP contribution >= 0.6 is 12.2 Å². The van der Waals surface area contributed by atoms with E-state index in [4.69, 9.17) is 18.0 Å². The van der Waals surface area contributed by atoms with Crippen molar-refractivity contribution >= 4 is 33.1 Å². The van der Waals surface area contributed by atoms with Gasteiger partial charge < -0.3 is 11.1 Å². The summed E-state index contributed by atoms with van der Waals surface area (Å²) in [5.74, 6) is -0.171. The molecule has 0 saturated carbocycles. The molecule has 19 heavy (non-hydrogen) atoms. The number of benzene rings is 1. The van der Waals surface area contributed by atoms with Gasteiger partial charge in [0, 0.05) is 24.6 Å². The van der Waals surface area contributed by atoms with Crippen molar-refractivity contribution in [1.82, 2.24) is 10.0 Å². The maximum Gasteiger partial charge on any atom is 0.241 e. The van der Waals surface area contributed by atoms with Gasteiger partial charge in [0.2, 0.25) is 15.9 Å². The number of carbonyl (C=O) groups is 1. The van der Waals surface area contributed by atoms with E-state index >= 15 is 0 Å². The van der Waals surface area contributed by atoms with Crippen LogP contribution < -0.4 is 15.8 Å². The first-order chi connectivity index (χ1) is 8.90. The summed E-state index contributed by atoms with van der Waals surface area (Å²) in [6.07, 6.45) is 0.133. The second-order valence-electron chi connectivity index (χ2n) is 4.19. The SMILES string of the molecule is NC(=S)c1ccccc1S(=O)(=O)NC1CNC(=O)C1. The van der Waals surface area contributed by atoms with Gasteiger partial charge in [-0.15, -0.1) is 0 Å². The topological polar surface area (TPSA) is 101 Å². The molecule has 1 saturated heterocycles. The van der Waals surface area contributed by atoms with Gasteiger partial charge in [-0.1, -0.05) is 30.4 Å². The van der Waals surface area contributed by atoms with Crippen LogP contribution in [-0.4, -0.2) is 31.9 Å². The minimum atomic E-state index is -3.75. The summed E-state index contributed by atoms with van der Waals surface area (Å²) in [7, 11) is -3.75. The van der Waals surface area contributed by atoms with E-state index < -0.39 is 16.1 Å². The van der Waals surface area contributed by atoms with Crippen LogP contribution in [-0.2, 0) is 14.8 Å². The van der Waals surface area contributed by atoms with Crippen molar-refractivity contribution in [3.63, 3.8) is 0 Å². The monoisotopic (exact) mass is 299 g/mol. The molecule has 1 aliphatic rings. The van der Waals surface area contributed by atoms with E-state index in [1.807, 2.05) is 0 Å². The second kappa shape index (κ2) is 5.24. The summed E-state index contributed by atoms with van der Waals surface area (Å²) in [5.41, 5.74) is 5.81. The predicted octanol–water partition coefficient (Wildman–Crippen LogP) is -0.512. The summed E-state index contributed by atoms with van der Waals surface area (Å²) >= 11 is 4.84. The van der Waals surface area contributed by atoms with Crippen LogP contribution in [0.4, 0.5) is 0 Å². The first kappa shape index (κ1) is 13.9. The zero-order valence-electron chi connectivity index (χ0n) is 9.92. The van der Waals surface area contributed by atoms with Gasteiger partial charge in [0.25, 0.3) is 0 Å². The molecular weight excluding hydrogens is 286 g/mol. The van der Waals surface area contributed by atoms with Gasteiger partial charge >= 0.3 is 0 Å². The molecule has 0 aromatic heterocycles. The van der Waals surface area contributed by atoms with Crippen LogP contribution in [0.3, 0.4) is 0 Å². The Balaban J connectivity index is 2.29. The summed E-state index contributed by atoms with van der Waals surface area (Å²) in [5, 5.41) is 2.56. The van der Waals surface area contributed by atoms with Crippen LogP contribution in [0.15, 0.2) is 29.2 Å². The molecule has 0 aliphatic carbocycles. The second-order valence-corrected chi connectivity index (χ2v) is 6.31. The first-order valence-corrected chi connectivity index (χ1v) is 7.47. The number of nitrogens with two attached hydrogens (primary N) is 1. The Kier molecular flexibility index (Phi) is 3.83. The van der Waals surface area contributed by atoms with Crippen molar-refractivity contribution in [2.24, 2.45) is 5.73 Å². The molecule has 1 fully saturated rings. The number of hydrogen-bond donors (Lipinski definition) is 3. The minimum Gasteiger partial charge on any atom is -0.389 e. The highest BCUT2D eigenvalue weighted by Gasteiger charge is 2.28. The fourth-order valence-electron chi connectivity index (χ4n) is 1.88. The van der Waals surface area contributed by atoms with E-state index in [1.165, 1.54) is 6.07 Å². The molecule has 1 unspecified atom stereocenters. The Morgan fingerprint density at radius 2 is 2.11 bits per heavy atom. The molecule has 0 radical (unpaired) electrons. The molecule has 1 aromatic rings. The Labute approximate surface area is 116 Å². The largest absolute Gasteiger partial charge is 0.389 e. The van der Waals surface area contributed by atoms with Crippen LogP contribution in [0.5, 0.6) is 0 Å². The number of carbonyl (C=O) groups excluding carboxylic acids is 1. The first-order valence-electron chi connectivity index (χ1n) is 5.58. The molecule has 8 heteroatoms. The summed E-state index contributed by atoms with van der Waals surface area (Å²) in [4.78, 5) is 11.1. The van der Waals surface area contributed by atoms with Gasteiger partial charge in [-0.05, 0) is 6.07 Å². The van der Waals surface area contributed by atoms with Gasteiger partial charge in [0.05, 0.1) is 4.90 Å². The number of sulfonamides is 1. The van der Waals surface area contributed by atoms with Gasteiger partial charge in [0.15, 0.2) is 0 Å². The summed E-state index contributed by atoms with van der Waals surface area (Å²) in [6.45, 7) is 0.285. The zero-order valence-corrected chi connectivity index (χ0v) is 11.6. The Hall–Kier alpha value is -1.51. The Bertz CT molecular complexity index is 628. The average Bonchev–Trinajstić information content (AvgIpc) is 2.74. The van der Waals surface area contributed by atoms with E-state index in [2.05, 4.69) is 10.0 Å². The number of rotatable bonds is 4. The van der Waals surface area contributed by atoms with Crippen molar-refractivity contribution in [2.45, 2.75) is 17.4 Å². The number of amides is 1. The van der Waals surface area contributed by atoms with E-state index in [9.17, 15) is 13.2 Å². The highest BCUT2D eigenvalue weighted by Crippen LogP contribution is 2.16. The van der Waals surface area contributed by atoms with Crippen LogP contribution in [0.2, 0.25) is 0 Å². The van der Waals surface area contributed by atoms with Gasteiger partial charge in [-0.25, -0.2) is 13.1 Å². The van der Waals surface area contributed by atoms with Gasteiger partial charge in [-0.3, -0.25) is 4.79 Å². The van der Waals surface area contributed by atoms with E-state index in [0.717, 1.165) is 0 Å². The molecule has 0 bridgehead atoms. The van der Waals surface area contributed by atoms with E-state index in [0.29, 0.717) is 5.56 Å². The highest BCUT2D eigenvalue weighted by atomic mass is 32.2. The quantitative estimate of drug-likeness (QED) is 0.650. The molecule has 1 atom stereocenters. The Morgan fingerprint density at radius 1 is 1.42 bits per heavy atom.